The molecule has 3 amide bonds. The third-order valence-electron chi connectivity index (χ3n) is 5.07. The highest BCUT2D eigenvalue weighted by Crippen LogP contribution is 2.23. The Hall–Kier alpha value is -2.70. The Morgan fingerprint density at radius 2 is 1.59 bits per heavy atom. The minimum Gasteiger partial charge on any atom is -0.452 e. The van der Waals surface area contributed by atoms with Crippen LogP contribution >= 0.6 is 0 Å². The lowest BCUT2D eigenvalue weighted by Crippen LogP contribution is -2.46. The highest BCUT2D eigenvalue weighted by atomic mass is 16.5. The first-order chi connectivity index (χ1) is 12.7. The molecule has 0 saturated carbocycles. The maximum absolute atomic E-state index is 12.5. The van der Waals surface area contributed by atoms with Crippen molar-refractivity contribution in [2.45, 2.75) is 52.6 Å². The van der Waals surface area contributed by atoms with Gasteiger partial charge in [0.25, 0.3) is 17.7 Å². The second-order valence-corrected chi connectivity index (χ2v) is 6.82. The van der Waals surface area contributed by atoms with Gasteiger partial charge in [-0.3, -0.25) is 19.3 Å². The molecule has 0 spiro atoms. The first-order valence-electron chi connectivity index (χ1n) is 9.17. The normalized spacial score (nSPS) is 15.4. The van der Waals surface area contributed by atoms with Gasteiger partial charge < -0.3 is 9.64 Å². The second kappa shape index (κ2) is 8.33. The number of carbonyl (C=O) groups excluding carboxylic acids is 4. The van der Waals surface area contributed by atoms with Crippen LogP contribution in [0.4, 0.5) is 0 Å². The van der Waals surface area contributed by atoms with Gasteiger partial charge in [-0.2, -0.15) is 0 Å². The van der Waals surface area contributed by atoms with Crippen molar-refractivity contribution in [2.24, 2.45) is 0 Å². The van der Waals surface area contributed by atoms with E-state index in [1.54, 1.807) is 4.90 Å². The number of carbonyl (C=O) groups is 4. The number of esters is 1. The molecular formula is C20H26N2O5. The number of hydrogen-bond donors (Lipinski definition) is 0. The molecule has 146 valence electrons. The number of rotatable bonds is 7. The van der Waals surface area contributed by atoms with Crippen molar-refractivity contribution < 1.29 is 23.9 Å². The van der Waals surface area contributed by atoms with E-state index >= 15 is 0 Å². The molecule has 1 aliphatic heterocycles. The van der Waals surface area contributed by atoms with Gasteiger partial charge >= 0.3 is 5.97 Å². The predicted molar refractivity (Wildman–Crippen MR) is 99.5 cm³/mol. The van der Waals surface area contributed by atoms with E-state index in [4.69, 9.17) is 4.74 Å². The van der Waals surface area contributed by atoms with E-state index < -0.39 is 17.8 Å². The van der Waals surface area contributed by atoms with Gasteiger partial charge in [-0.05, 0) is 44.9 Å². The molecule has 27 heavy (non-hydrogen) atoms. The van der Waals surface area contributed by atoms with Crippen LogP contribution < -0.4 is 0 Å². The van der Waals surface area contributed by atoms with Crippen molar-refractivity contribution in [1.29, 1.82) is 0 Å². The van der Waals surface area contributed by atoms with Crippen molar-refractivity contribution in [3.8, 4) is 0 Å². The predicted octanol–water partition coefficient (Wildman–Crippen LogP) is 2.49. The highest BCUT2D eigenvalue weighted by Gasteiger charge is 2.33. The summed E-state index contributed by atoms with van der Waals surface area (Å²) in [5.41, 5.74) is 0.565. The van der Waals surface area contributed by atoms with Crippen LogP contribution in [0.15, 0.2) is 18.2 Å². The fourth-order valence-corrected chi connectivity index (χ4v) is 3.09. The largest absolute Gasteiger partial charge is 0.452 e. The average Bonchev–Trinajstić information content (AvgIpc) is 2.89. The SMILES string of the molecule is CC[C@H](C)N(C(=O)COC(=O)c1ccc2c(c1)C(=O)N(C)C2=O)[C@@H](C)CC. The molecule has 0 aromatic heterocycles. The molecule has 0 saturated heterocycles. The highest BCUT2D eigenvalue weighted by molar-refractivity contribution is 6.21. The summed E-state index contributed by atoms with van der Waals surface area (Å²) in [5.74, 6) is -1.81. The maximum Gasteiger partial charge on any atom is 0.338 e. The summed E-state index contributed by atoms with van der Waals surface area (Å²) in [6, 6.07) is 4.29. The average molecular weight is 374 g/mol. The summed E-state index contributed by atoms with van der Waals surface area (Å²) >= 11 is 0. The molecule has 1 aromatic rings. The van der Waals surface area contributed by atoms with Crippen LogP contribution in [-0.4, -0.2) is 59.2 Å². The zero-order valence-electron chi connectivity index (χ0n) is 16.4. The van der Waals surface area contributed by atoms with Crippen LogP contribution in [0.3, 0.4) is 0 Å². The summed E-state index contributed by atoms with van der Waals surface area (Å²) in [6.45, 7) is 7.56. The standard InChI is InChI=1S/C20H26N2O5/c1-6-12(3)22(13(4)7-2)17(23)11-27-20(26)14-8-9-15-16(10-14)19(25)21(5)18(15)24/h8-10,12-13H,6-7,11H2,1-5H3/t12-,13-/m0/s1. The maximum atomic E-state index is 12.5. The number of hydrogen-bond acceptors (Lipinski definition) is 5. The lowest BCUT2D eigenvalue weighted by molar-refractivity contribution is -0.139. The monoisotopic (exact) mass is 374 g/mol. The molecule has 0 aliphatic carbocycles. The summed E-state index contributed by atoms with van der Waals surface area (Å²) in [4.78, 5) is 51.6. The summed E-state index contributed by atoms with van der Waals surface area (Å²) < 4.78 is 5.17. The van der Waals surface area contributed by atoms with E-state index in [1.807, 2.05) is 27.7 Å². The molecule has 7 heteroatoms. The summed E-state index contributed by atoms with van der Waals surface area (Å²) in [5, 5.41) is 0. The molecule has 1 aromatic carbocycles. The van der Waals surface area contributed by atoms with Gasteiger partial charge in [-0.1, -0.05) is 13.8 Å². The van der Waals surface area contributed by atoms with Crippen molar-refractivity contribution in [1.82, 2.24) is 9.80 Å². The third-order valence-corrected chi connectivity index (χ3v) is 5.07. The van der Waals surface area contributed by atoms with Gasteiger partial charge in [0.05, 0.1) is 16.7 Å². The molecule has 1 aliphatic rings. The number of benzene rings is 1. The zero-order chi connectivity index (χ0) is 20.3. The molecule has 0 bridgehead atoms. The van der Waals surface area contributed by atoms with Gasteiger partial charge in [0, 0.05) is 19.1 Å². The molecule has 2 rings (SSSR count). The first-order valence-corrected chi connectivity index (χ1v) is 9.17. The van der Waals surface area contributed by atoms with E-state index in [9.17, 15) is 19.2 Å². The molecule has 7 nitrogen and oxygen atoms in total. The lowest BCUT2D eigenvalue weighted by Gasteiger charge is -2.33. The van der Waals surface area contributed by atoms with Crippen LogP contribution in [0.2, 0.25) is 0 Å². The van der Waals surface area contributed by atoms with Gasteiger partial charge in [0.15, 0.2) is 6.61 Å². The van der Waals surface area contributed by atoms with Crippen LogP contribution in [0.5, 0.6) is 0 Å². The molecule has 0 radical (unpaired) electrons. The fraction of sp³-hybridized carbons (Fsp3) is 0.500. The summed E-state index contributed by atoms with van der Waals surface area (Å²) in [7, 11) is 1.39. The first kappa shape index (κ1) is 20.6. The molecule has 0 N–H and O–H groups in total. The Morgan fingerprint density at radius 3 is 2.15 bits per heavy atom. The molecule has 1 heterocycles. The lowest BCUT2D eigenvalue weighted by atomic mass is 10.1. The van der Waals surface area contributed by atoms with Crippen molar-refractivity contribution in [3.05, 3.63) is 34.9 Å². The Labute approximate surface area is 159 Å². The number of amides is 3. The Kier molecular flexibility index (Phi) is 6.36. The van der Waals surface area contributed by atoms with E-state index in [0.29, 0.717) is 0 Å². The van der Waals surface area contributed by atoms with Gasteiger partial charge in [-0.25, -0.2) is 4.79 Å². The van der Waals surface area contributed by atoms with Crippen LogP contribution in [0.25, 0.3) is 0 Å². The van der Waals surface area contributed by atoms with Crippen LogP contribution in [0, 0.1) is 0 Å². The molecule has 0 unspecified atom stereocenters. The Bertz CT molecular complexity index is 764. The minimum atomic E-state index is -0.700. The quantitative estimate of drug-likeness (QED) is 0.541. The van der Waals surface area contributed by atoms with E-state index in [-0.39, 0.29) is 41.3 Å². The van der Waals surface area contributed by atoms with Crippen LogP contribution in [-0.2, 0) is 9.53 Å². The number of ether oxygens (including phenoxy) is 1. The summed E-state index contributed by atoms with van der Waals surface area (Å²) in [6.07, 6.45) is 1.61. The second-order valence-electron chi connectivity index (χ2n) is 6.82. The fourth-order valence-electron chi connectivity index (χ4n) is 3.09. The number of nitrogens with zero attached hydrogens (tertiary/aromatic N) is 2. The van der Waals surface area contributed by atoms with E-state index in [1.165, 1.54) is 25.2 Å². The molecule has 2 atom stereocenters. The van der Waals surface area contributed by atoms with Gasteiger partial charge in [0.1, 0.15) is 0 Å². The Morgan fingerprint density at radius 1 is 1.04 bits per heavy atom. The topological polar surface area (TPSA) is 84.0 Å². The van der Waals surface area contributed by atoms with E-state index in [0.717, 1.165) is 17.7 Å². The number of fused-ring (bicyclic) bond motifs is 1. The van der Waals surface area contributed by atoms with Crippen molar-refractivity contribution >= 4 is 23.7 Å². The molecular weight excluding hydrogens is 348 g/mol. The van der Waals surface area contributed by atoms with E-state index in [2.05, 4.69) is 0 Å². The molecule has 0 fully saturated rings. The zero-order valence-corrected chi connectivity index (χ0v) is 16.4. The van der Waals surface area contributed by atoms with Crippen LogP contribution in [0.1, 0.15) is 71.6 Å². The Balaban J connectivity index is 2.09. The van der Waals surface area contributed by atoms with Crippen molar-refractivity contribution in [3.63, 3.8) is 0 Å². The van der Waals surface area contributed by atoms with Crippen molar-refractivity contribution in [2.75, 3.05) is 13.7 Å². The number of imide groups is 1. The minimum absolute atomic E-state index is 0.0466. The van der Waals surface area contributed by atoms with Gasteiger partial charge in [0.2, 0.25) is 0 Å². The van der Waals surface area contributed by atoms with Gasteiger partial charge in [-0.15, -0.1) is 0 Å². The smallest absolute Gasteiger partial charge is 0.338 e. The third kappa shape index (κ3) is 4.02.